The molecule has 3 rings (SSSR count). The number of ether oxygens (including phenoxy) is 1. The number of hydrogen-bond acceptors (Lipinski definition) is 3. The number of methoxy groups -OCH3 is 1. The number of aryl methyl sites for hydroxylation is 3. The summed E-state index contributed by atoms with van der Waals surface area (Å²) in [7, 11) is 1.70. The molecule has 1 N–H and O–H groups in total. The normalized spacial score (nSPS) is 12.4. The lowest BCUT2D eigenvalue weighted by molar-refractivity contribution is 0.414. The fraction of sp³-hybridized carbons (Fsp3) is 0.381. The van der Waals surface area contributed by atoms with Crippen LogP contribution in [0.5, 0.6) is 5.75 Å². The van der Waals surface area contributed by atoms with Crippen molar-refractivity contribution in [1.82, 2.24) is 9.61 Å². The van der Waals surface area contributed by atoms with Gasteiger partial charge in [-0.3, -0.25) is 0 Å². The third-order valence-corrected chi connectivity index (χ3v) is 4.76. The first-order valence-corrected chi connectivity index (χ1v) is 8.86. The summed E-state index contributed by atoms with van der Waals surface area (Å²) in [6.07, 6.45) is 1.08. The summed E-state index contributed by atoms with van der Waals surface area (Å²) in [5.41, 5.74) is 8.00. The summed E-state index contributed by atoms with van der Waals surface area (Å²) in [4.78, 5) is 0. The molecule has 1 atom stereocenters. The second-order valence-electron chi connectivity index (χ2n) is 6.81. The van der Waals surface area contributed by atoms with Gasteiger partial charge in [0.15, 0.2) is 0 Å². The van der Waals surface area contributed by atoms with Gasteiger partial charge in [0.25, 0.3) is 0 Å². The maximum Gasteiger partial charge on any atom is 0.119 e. The number of anilines is 1. The Morgan fingerprint density at radius 2 is 1.88 bits per heavy atom. The molecule has 0 saturated heterocycles. The van der Waals surface area contributed by atoms with E-state index in [1.807, 2.05) is 13.0 Å². The molecule has 0 bridgehead atoms. The number of hydrogen-bond donors (Lipinski definition) is 1. The van der Waals surface area contributed by atoms with E-state index >= 15 is 0 Å². The molecule has 4 heteroatoms. The first kappa shape index (κ1) is 17.3. The van der Waals surface area contributed by atoms with Crippen molar-refractivity contribution in [3.05, 3.63) is 47.2 Å². The van der Waals surface area contributed by atoms with Gasteiger partial charge >= 0.3 is 0 Å². The quantitative estimate of drug-likeness (QED) is 0.700. The number of benzene rings is 1. The molecule has 4 nitrogen and oxygen atoms in total. The minimum absolute atomic E-state index is 0.423. The minimum Gasteiger partial charge on any atom is -0.497 e. The van der Waals surface area contributed by atoms with Crippen LogP contribution in [0.4, 0.5) is 5.69 Å². The highest BCUT2D eigenvalue weighted by Gasteiger charge is 2.16. The van der Waals surface area contributed by atoms with Crippen molar-refractivity contribution in [1.29, 1.82) is 0 Å². The van der Waals surface area contributed by atoms with Gasteiger partial charge < -0.3 is 10.1 Å². The van der Waals surface area contributed by atoms with Crippen LogP contribution in [0.15, 0.2) is 30.3 Å². The standard InChI is InChI=1S/C21H27N3O/c1-7-15(4)22-19-12-16(5)23-24-20(19)11-14(3)21(24)18-9-8-17(25-6)10-13(18)2/h8-12,15,22H,7H2,1-6H3. The van der Waals surface area contributed by atoms with Gasteiger partial charge in [0.05, 0.1) is 29.7 Å². The largest absolute Gasteiger partial charge is 0.497 e. The molecule has 0 amide bonds. The minimum atomic E-state index is 0.423. The van der Waals surface area contributed by atoms with E-state index in [1.54, 1.807) is 7.11 Å². The topological polar surface area (TPSA) is 38.6 Å². The van der Waals surface area contributed by atoms with Crippen molar-refractivity contribution in [2.75, 3.05) is 12.4 Å². The zero-order valence-corrected chi connectivity index (χ0v) is 16.0. The maximum absolute atomic E-state index is 5.35. The second-order valence-corrected chi connectivity index (χ2v) is 6.81. The van der Waals surface area contributed by atoms with E-state index in [-0.39, 0.29) is 0 Å². The average Bonchev–Trinajstić information content (AvgIpc) is 2.90. The Bertz CT molecular complexity index is 911. The number of nitrogens with one attached hydrogen (secondary N) is 1. The molecule has 0 fully saturated rings. The fourth-order valence-electron chi connectivity index (χ4n) is 3.23. The van der Waals surface area contributed by atoms with Crippen LogP contribution in [0, 0.1) is 20.8 Å². The molecule has 0 aliphatic rings. The van der Waals surface area contributed by atoms with Crippen LogP contribution in [-0.4, -0.2) is 22.8 Å². The Morgan fingerprint density at radius 3 is 2.52 bits per heavy atom. The van der Waals surface area contributed by atoms with E-state index < -0.39 is 0 Å². The number of aromatic nitrogens is 2. The van der Waals surface area contributed by atoms with E-state index in [0.29, 0.717) is 6.04 Å². The summed E-state index contributed by atoms with van der Waals surface area (Å²) >= 11 is 0. The summed E-state index contributed by atoms with van der Waals surface area (Å²) in [6.45, 7) is 10.7. The predicted molar refractivity (Wildman–Crippen MR) is 105 cm³/mol. The Hall–Kier alpha value is -2.49. The summed E-state index contributed by atoms with van der Waals surface area (Å²) < 4.78 is 7.42. The average molecular weight is 337 g/mol. The number of rotatable bonds is 5. The lowest BCUT2D eigenvalue weighted by Gasteiger charge is -2.16. The van der Waals surface area contributed by atoms with Gasteiger partial charge in [0.1, 0.15) is 5.75 Å². The Balaban J connectivity index is 2.21. The zero-order chi connectivity index (χ0) is 18.1. The van der Waals surface area contributed by atoms with Crippen LogP contribution in [0.1, 0.15) is 37.1 Å². The predicted octanol–water partition coefficient (Wildman–Crippen LogP) is 5.15. The lowest BCUT2D eigenvalue weighted by atomic mass is 10.0. The van der Waals surface area contributed by atoms with Crippen LogP contribution < -0.4 is 10.1 Å². The Kier molecular flexibility index (Phi) is 4.71. The van der Waals surface area contributed by atoms with Gasteiger partial charge in [-0.2, -0.15) is 5.10 Å². The molecule has 3 aromatic rings. The van der Waals surface area contributed by atoms with Gasteiger partial charge in [0.2, 0.25) is 0 Å². The van der Waals surface area contributed by atoms with Crippen molar-refractivity contribution >= 4 is 11.2 Å². The monoisotopic (exact) mass is 337 g/mol. The van der Waals surface area contributed by atoms with Crippen LogP contribution in [0.3, 0.4) is 0 Å². The molecule has 0 aliphatic heterocycles. The molecule has 0 saturated carbocycles. The van der Waals surface area contributed by atoms with Crippen LogP contribution >= 0.6 is 0 Å². The highest BCUT2D eigenvalue weighted by atomic mass is 16.5. The van der Waals surface area contributed by atoms with Crippen molar-refractivity contribution in [2.24, 2.45) is 0 Å². The summed E-state index contributed by atoms with van der Waals surface area (Å²) in [5.74, 6) is 0.878. The molecule has 25 heavy (non-hydrogen) atoms. The van der Waals surface area contributed by atoms with E-state index in [4.69, 9.17) is 9.84 Å². The maximum atomic E-state index is 5.35. The molecule has 132 valence electrons. The zero-order valence-electron chi connectivity index (χ0n) is 16.0. The second kappa shape index (κ2) is 6.79. The van der Waals surface area contributed by atoms with Gasteiger partial charge in [-0.1, -0.05) is 6.92 Å². The Labute approximate surface area is 149 Å². The summed E-state index contributed by atoms with van der Waals surface area (Å²) in [6, 6.07) is 11.0. The van der Waals surface area contributed by atoms with Crippen molar-refractivity contribution < 1.29 is 4.74 Å². The van der Waals surface area contributed by atoms with Gasteiger partial charge in [-0.25, -0.2) is 4.52 Å². The Morgan fingerprint density at radius 1 is 1.12 bits per heavy atom. The van der Waals surface area contributed by atoms with Gasteiger partial charge in [-0.05, 0) is 75.6 Å². The SMILES string of the molecule is CCC(C)Nc1cc(C)nn2c(-c3ccc(OC)cc3C)c(C)cc12. The molecule has 1 aromatic carbocycles. The van der Waals surface area contributed by atoms with Gasteiger partial charge in [0, 0.05) is 11.6 Å². The van der Waals surface area contributed by atoms with Crippen molar-refractivity contribution in [2.45, 2.75) is 47.1 Å². The van der Waals surface area contributed by atoms with Crippen LogP contribution in [-0.2, 0) is 0 Å². The first-order chi connectivity index (χ1) is 11.9. The third kappa shape index (κ3) is 3.21. The van der Waals surface area contributed by atoms with E-state index in [2.05, 4.69) is 61.8 Å². The fourth-order valence-corrected chi connectivity index (χ4v) is 3.23. The highest BCUT2D eigenvalue weighted by Crippen LogP contribution is 2.33. The van der Waals surface area contributed by atoms with Gasteiger partial charge in [-0.15, -0.1) is 0 Å². The third-order valence-electron chi connectivity index (χ3n) is 4.76. The van der Waals surface area contributed by atoms with Crippen molar-refractivity contribution in [3.63, 3.8) is 0 Å². The summed E-state index contributed by atoms with van der Waals surface area (Å²) in [5, 5.41) is 8.42. The lowest BCUT2D eigenvalue weighted by Crippen LogP contribution is -2.14. The smallest absolute Gasteiger partial charge is 0.119 e. The van der Waals surface area contributed by atoms with Crippen molar-refractivity contribution in [3.8, 4) is 17.0 Å². The number of nitrogens with zero attached hydrogens (tertiary/aromatic N) is 2. The molecular weight excluding hydrogens is 310 g/mol. The van der Waals surface area contributed by atoms with E-state index in [9.17, 15) is 0 Å². The molecule has 1 unspecified atom stereocenters. The molecule has 2 heterocycles. The molecular formula is C21H27N3O. The van der Waals surface area contributed by atoms with Crippen LogP contribution in [0.25, 0.3) is 16.8 Å². The molecule has 2 aromatic heterocycles. The van der Waals surface area contributed by atoms with E-state index in [1.165, 1.54) is 16.7 Å². The molecule has 0 radical (unpaired) electrons. The highest BCUT2D eigenvalue weighted by molar-refractivity contribution is 5.81. The van der Waals surface area contributed by atoms with E-state index in [0.717, 1.165) is 34.8 Å². The van der Waals surface area contributed by atoms with Crippen LogP contribution in [0.2, 0.25) is 0 Å². The first-order valence-electron chi connectivity index (χ1n) is 8.86. The molecule has 0 spiro atoms. The number of fused-ring (bicyclic) bond motifs is 1. The molecule has 0 aliphatic carbocycles.